The number of urea groups is 1. The third-order valence-electron chi connectivity index (χ3n) is 2.97. The van der Waals surface area contributed by atoms with Crippen molar-refractivity contribution in [2.24, 2.45) is 0 Å². The molecule has 0 saturated carbocycles. The van der Waals surface area contributed by atoms with Crippen LogP contribution in [0.1, 0.15) is 25.3 Å². The van der Waals surface area contributed by atoms with Crippen molar-refractivity contribution < 1.29 is 14.3 Å². The van der Waals surface area contributed by atoms with Crippen molar-refractivity contribution in [1.82, 2.24) is 10.6 Å². The molecule has 1 aromatic rings. The van der Waals surface area contributed by atoms with Gasteiger partial charge in [-0.2, -0.15) is 0 Å². The van der Waals surface area contributed by atoms with Crippen molar-refractivity contribution in [3.63, 3.8) is 0 Å². The van der Waals surface area contributed by atoms with E-state index in [-0.39, 0.29) is 24.5 Å². The smallest absolute Gasteiger partial charge is 0.315 e. The van der Waals surface area contributed by atoms with Crippen LogP contribution in [0.25, 0.3) is 0 Å². The molecule has 0 aliphatic carbocycles. The molecule has 6 heteroatoms. The number of rotatable bonds is 7. The van der Waals surface area contributed by atoms with Crippen molar-refractivity contribution >= 4 is 22.0 Å². The Hall–Kier alpha value is -1.14. The van der Waals surface area contributed by atoms with Crippen LogP contribution in [0.2, 0.25) is 0 Å². The third-order valence-corrected chi connectivity index (χ3v) is 3.47. The normalized spacial score (nSPS) is 12.0. The molecule has 1 aromatic carbocycles. The predicted molar refractivity (Wildman–Crippen MR) is 80.1 cm³/mol. The number of aryl methyl sites for hydroxylation is 1. The highest BCUT2D eigenvalue weighted by molar-refractivity contribution is 9.10. The number of hydrogen-bond donors (Lipinski definition) is 3. The first kappa shape index (κ1) is 16.9. The molecule has 0 spiro atoms. The summed E-state index contributed by atoms with van der Waals surface area (Å²) < 4.78 is 14.3. The minimum Gasteiger partial charge on any atom is -0.394 e. The fraction of sp³-hybridized carbons (Fsp3) is 0.500. The topological polar surface area (TPSA) is 61.4 Å². The lowest BCUT2D eigenvalue weighted by atomic mass is 10.1. The highest BCUT2D eigenvalue weighted by Gasteiger charge is 2.08. The van der Waals surface area contributed by atoms with Gasteiger partial charge in [0, 0.05) is 11.0 Å². The summed E-state index contributed by atoms with van der Waals surface area (Å²) in [6.07, 6.45) is 1.90. The van der Waals surface area contributed by atoms with E-state index in [0.29, 0.717) is 35.8 Å². The van der Waals surface area contributed by atoms with E-state index >= 15 is 0 Å². The standard InChI is InChI=1S/C14H20BrFN2O2/c1-2-12(9-19)18-14(20)17-7-3-4-10-5-6-11(15)8-13(10)16/h5-6,8,12,19H,2-4,7,9H2,1H3,(H2,17,18,20). The van der Waals surface area contributed by atoms with Crippen LogP contribution in [-0.2, 0) is 6.42 Å². The number of benzene rings is 1. The van der Waals surface area contributed by atoms with Crippen LogP contribution in [0.5, 0.6) is 0 Å². The molecule has 0 saturated heterocycles. The largest absolute Gasteiger partial charge is 0.394 e. The van der Waals surface area contributed by atoms with Crippen LogP contribution < -0.4 is 10.6 Å². The molecule has 0 aliphatic rings. The molecule has 1 rings (SSSR count). The maximum absolute atomic E-state index is 13.5. The lowest BCUT2D eigenvalue weighted by Gasteiger charge is -2.14. The zero-order valence-corrected chi connectivity index (χ0v) is 13.0. The van der Waals surface area contributed by atoms with Crippen LogP contribution >= 0.6 is 15.9 Å². The Labute approximate surface area is 126 Å². The van der Waals surface area contributed by atoms with E-state index in [1.54, 1.807) is 12.1 Å². The molecule has 0 fully saturated rings. The Morgan fingerprint density at radius 3 is 2.85 bits per heavy atom. The highest BCUT2D eigenvalue weighted by atomic mass is 79.9. The summed E-state index contributed by atoms with van der Waals surface area (Å²) in [6.45, 7) is 2.27. The molecule has 1 unspecified atom stereocenters. The summed E-state index contributed by atoms with van der Waals surface area (Å²) in [4.78, 5) is 11.5. The van der Waals surface area contributed by atoms with Crippen LogP contribution in [-0.4, -0.2) is 30.3 Å². The lowest BCUT2D eigenvalue weighted by Crippen LogP contribution is -2.43. The van der Waals surface area contributed by atoms with Crippen LogP contribution in [0.3, 0.4) is 0 Å². The Bertz CT molecular complexity index is 439. The van der Waals surface area contributed by atoms with Gasteiger partial charge in [0.1, 0.15) is 5.82 Å². The zero-order valence-electron chi connectivity index (χ0n) is 11.5. The van der Waals surface area contributed by atoms with Gasteiger partial charge in [-0.15, -0.1) is 0 Å². The SMILES string of the molecule is CCC(CO)NC(=O)NCCCc1ccc(Br)cc1F. The number of hydrogen-bond acceptors (Lipinski definition) is 2. The van der Waals surface area contributed by atoms with Gasteiger partial charge in [0.2, 0.25) is 0 Å². The summed E-state index contributed by atoms with van der Waals surface area (Å²) in [7, 11) is 0. The molecular weight excluding hydrogens is 327 g/mol. The maximum atomic E-state index is 13.5. The van der Waals surface area contributed by atoms with Gasteiger partial charge in [0.25, 0.3) is 0 Å². The van der Waals surface area contributed by atoms with E-state index in [1.807, 2.05) is 6.92 Å². The molecule has 112 valence electrons. The van der Waals surface area contributed by atoms with Gasteiger partial charge in [0.05, 0.1) is 12.6 Å². The van der Waals surface area contributed by atoms with Gasteiger partial charge in [0.15, 0.2) is 0 Å². The van der Waals surface area contributed by atoms with Crippen molar-refractivity contribution in [3.05, 3.63) is 34.1 Å². The number of nitrogens with one attached hydrogen (secondary N) is 2. The molecule has 0 aliphatic heterocycles. The van der Waals surface area contributed by atoms with Crippen LogP contribution in [0, 0.1) is 5.82 Å². The summed E-state index contributed by atoms with van der Waals surface area (Å²) in [5.74, 6) is -0.241. The minimum absolute atomic E-state index is 0.0754. The number of aliphatic hydroxyl groups excluding tert-OH is 1. The van der Waals surface area contributed by atoms with Crippen molar-refractivity contribution in [1.29, 1.82) is 0 Å². The van der Waals surface area contributed by atoms with Gasteiger partial charge in [-0.05, 0) is 37.0 Å². The number of carbonyl (C=O) groups is 1. The van der Waals surface area contributed by atoms with Gasteiger partial charge in [-0.3, -0.25) is 0 Å². The second kappa shape index (κ2) is 8.92. The van der Waals surface area contributed by atoms with Crippen molar-refractivity contribution in [2.75, 3.05) is 13.2 Å². The molecule has 4 nitrogen and oxygen atoms in total. The second-order valence-corrected chi connectivity index (χ2v) is 5.44. The van der Waals surface area contributed by atoms with E-state index in [4.69, 9.17) is 5.11 Å². The molecule has 3 N–H and O–H groups in total. The zero-order chi connectivity index (χ0) is 15.0. The fourth-order valence-electron chi connectivity index (χ4n) is 1.72. The second-order valence-electron chi connectivity index (χ2n) is 4.53. The first-order valence-corrected chi connectivity index (χ1v) is 7.45. The van der Waals surface area contributed by atoms with E-state index in [1.165, 1.54) is 6.07 Å². The molecule has 0 bridgehead atoms. The molecule has 0 radical (unpaired) electrons. The average molecular weight is 347 g/mol. The first-order valence-electron chi connectivity index (χ1n) is 6.66. The summed E-state index contributed by atoms with van der Waals surface area (Å²) in [6, 6.07) is 4.44. The first-order chi connectivity index (χ1) is 9.56. The van der Waals surface area contributed by atoms with Crippen LogP contribution in [0.4, 0.5) is 9.18 Å². The van der Waals surface area contributed by atoms with Gasteiger partial charge < -0.3 is 15.7 Å². The minimum atomic E-state index is -0.304. The van der Waals surface area contributed by atoms with E-state index in [2.05, 4.69) is 26.6 Å². The Balaban J connectivity index is 2.26. The summed E-state index contributed by atoms with van der Waals surface area (Å²) in [5.41, 5.74) is 0.636. The quantitative estimate of drug-likeness (QED) is 0.664. The Morgan fingerprint density at radius 1 is 1.50 bits per heavy atom. The number of aliphatic hydroxyl groups is 1. The molecule has 2 amide bonds. The van der Waals surface area contributed by atoms with E-state index in [9.17, 15) is 9.18 Å². The fourth-order valence-corrected chi connectivity index (χ4v) is 2.05. The van der Waals surface area contributed by atoms with Crippen molar-refractivity contribution in [3.8, 4) is 0 Å². The molecular formula is C14H20BrFN2O2. The van der Waals surface area contributed by atoms with E-state index < -0.39 is 0 Å². The number of carbonyl (C=O) groups excluding carboxylic acids is 1. The molecule has 0 heterocycles. The maximum Gasteiger partial charge on any atom is 0.315 e. The Kier molecular flexibility index (Phi) is 7.54. The lowest BCUT2D eigenvalue weighted by molar-refractivity contribution is 0.214. The molecule has 20 heavy (non-hydrogen) atoms. The van der Waals surface area contributed by atoms with E-state index in [0.717, 1.165) is 0 Å². The molecule has 0 aromatic heterocycles. The van der Waals surface area contributed by atoms with Crippen molar-refractivity contribution in [2.45, 2.75) is 32.2 Å². The third kappa shape index (κ3) is 5.88. The summed E-state index contributed by atoms with van der Waals surface area (Å²) in [5, 5.41) is 14.3. The van der Waals surface area contributed by atoms with Crippen LogP contribution in [0.15, 0.2) is 22.7 Å². The Morgan fingerprint density at radius 2 is 2.25 bits per heavy atom. The van der Waals surface area contributed by atoms with Gasteiger partial charge >= 0.3 is 6.03 Å². The number of halogens is 2. The average Bonchev–Trinajstić information content (AvgIpc) is 2.42. The predicted octanol–water partition coefficient (Wildman–Crippen LogP) is 2.59. The van der Waals surface area contributed by atoms with Gasteiger partial charge in [-0.25, -0.2) is 9.18 Å². The van der Waals surface area contributed by atoms with Gasteiger partial charge in [-0.1, -0.05) is 28.9 Å². The number of amides is 2. The molecule has 1 atom stereocenters. The summed E-state index contributed by atoms with van der Waals surface area (Å²) >= 11 is 3.21. The highest BCUT2D eigenvalue weighted by Crippen LogP contribution is 2.16. The monoisotopic (exact) mass is 346 g/mol.